The molecule has 28 heavy (non-hydrogen) atoms. The number of benzene rings is 2. The van der Waals surface area contributed by atoms with Crippen LogP contribution in [0.2, 0.25) is 0 Å². The number of rotatable bonds is 4. The molecule has 0 aliphatic carbocycles. The van der Waals surface area contributed by atoms with Crippen molar-refractivity contribution in [2.24, 2.45) is 0 Å². The topological polar surface area (TPSA) is 65.0 Å². The van der Waals surface area contributed by atoms with Gasteiger partial charge >= 0.3 is 0 Å². The third-order valence-electron chi connectivity index (χ3n) is 4.78. The molecule has 0 amide bonds. The maximum absolute atomic E-state index is 6.14. The van der Waals surface area contributed by atoms with Crippen LogP contribution in [-0.2, 0) is 6.54 Å². The molecule has 0 saturated carbocycles. The summed E-state index contributed by atoms with van der Waals surface area (Å²) >= 11 is 0. The van der Waals surface area contributed by atoms with E-state index in [0.29, 0.717) is 13.2 Å². The monoisotopic (exact) mass is 372 g/mol. The molecule has 0 bridgehead atoms. The maximum Gasteiger partial charge on any atom is 0.161 e. The van der Waals surface area contributed by atoms with E-state index in [-0.39, 0.29) is 6.10 Å². The van der Waals surface area contributed by atoms with Gasteiger partial charge in [0.05, 0.1) is 18.6 Å². The lowest BCUT2D eigenvalue weighted by Gasteiger charge is -2.27. The van der Waals surface area contributed by atoms with Gasteiger partial charge in [0.25, 0.3) is 0 Å². The molecule has 4 aromatic rings. The van der Waals surface area contributed by atoms with E-state index >= 15 is 0 Å². The molecule has 1 N–H and O–H groups in total. The molecule has 0 fully saturated rings. The number of nitrogens with one attached hydrogen (secondary N) is 1. The second-order valence-corrected chi connectivity index (χ2v) is 6.87. The Morgan fingerprint density at radius 3 is 2.61 bits per heavy atom. The molecule has 0 spiro atoms. The molecule has 1 aliphatic heterocycles. The number of nitrogens with zero attached hydrogens (tertiary/aromatic N) is 3. The molecule has 1 atom stereocenters. The molecule has 140 valence electrons. The van der Waals surface area contributed by atoms with Crippen LogP contribution in [0.3, 0.4) is 0 Å². The van der Waals surface area contributed by atoms with Gasteiger partial charge in [0.2, 0.25) is 0 Å². The molecule has 0 saturated heterocycles. The summed E-state index contributed by atoms with van der Waals surface area (Å²) < 4.78 is 14.1. The third kappa shape index (κ3) is 3.03. The summed E-state index contributed by atoms with van der Waals surface area (Å²) in [6, 6.07) is 17.9. The SMILES string of the molecule is Cc1cnc(-c2c(-c3ccccc3)ncn2C[C@@H]2COc3ccccc3O2)[nH]1. The first-order chi connectivity index (χ1) is 13.8. The minimum absolute atomic E-state index is 0.109. The van der Waals surface area contributed by atoms with Crippen LogP contribution in [0.1, 0.15) is 5.69 Å². The van der Waals surface area contributed by atoms with Gasteiger partial charge in [0.1, 0.15) is 12.3 Å². The number of aromatic amines is 1. The Kier molecular flexibility index (Phi) is 4.09. The zero-order chi connectivity index (χ0) is 18.9. The van der Waals surface area contributed by atoms with Crippen LogP contribution in [0.25, 0.3) is 22.8 Å². The summed E-state index contributed by atoms with van der Waals surface area (Å²) in [7, 11) is 0. The van der Waals surface area contributed by atoms with E-state index in [2.05, 4.69) is 31.7 Å². The summed E-state index contributed by atoms with van der Waals surface area (Å²) in [5.41, 5.74) is 3.90. The standard InChI is InChI=1S/C22H20N4O2/c1-15-11-23-22(25-15)21-20(16-7-3-2-4-8-16)24-14-26(21)12-17-13-27-18-9-5-6-10-19(18)28-17/h2-11,14,17H,12-13H2,1H3,(H,23,25)/t17-/m1/s1. The van der Waals surface area contributed by atoms with Crippen molar-refractivity contribution < 1.29 is 9.47 Å². The van der Waals surface area contributed by atoms with Gasteiger partial charge in [0, 0.05) is 17.5 Å². The predicted octanol–water partition coefficient (Wildman–Crippen LogP) is 4.09. The van der Waals surface area contributed by atoms with Crippen molar-refractivity contribution in [2.75, 3.05) is 6.61 Å². The number of hydrogen-bond donors (Lipinski definition) is 1. The average molecular weight is 372 g/mol. The van der Waals surface area contributed by atoms with E-state index in [4.69, 9.17) is 9.47 Å². The Hall–Kier alpha value is -3.54. The molecular weight excluding hydrogens is 352 g/mol. The van der Waals surface area contributed by atoms with Crippen molar-refractivity contribution >= 4 is 0 Å². The number of imidazole rings is 2. The number of ether oxygens (including phenoxy) is 2. The van der Waals surface area contributed by atoms with Gasteiger partial charge in [-0.15, -0.1) is 0 Å². The number of fused-ring (bicyclic) bond motifs is 1. The van der Waals surface area contributed by atoms with E-state index < -0.39 is 0 Å². The highest BCUT2D eigenvalue weighted by Crippen LogP contribution is 2.33. The van der Waals surface area contributed by atoms with Crippen LogP contribution in [0.15, 0.2) is 67.1 Å². The zero-order valence-corrected chi connectivity index (χ0v) is 15.5. The lowest BCUT2D eigenvalue weighted by atomic mass is 10.1. The highest BCUT2D eigenvalue weighted by molar-refractivity contribution is 5.75. The molecule has 5 rings (SSSR count). The first kappa shape index (κ1) is 16.6. The Labute approximate surface area is 162 Å². The maximum atomic E-state index is 6.14. The highest BCUT2D eigenvalue weighted by atomic mass is 16.6. The van der Waals surface area contributed by atoms with Crippen molar-refractivity contribution in [3.8, 4) is 34.3 Å². The lowest BCUT2D eigenvalue weighted by molar-refractivity contribution is 0.0788. The van der Waals surface area contributed by atoms with Gasteiger partial charge in [-0.05, 0) is 19.1 Å². The highest BCUT2D eigenvalue weighted by Gasteiger charge is 2.24. The first-order valence-electron chi connectivity index (χ1n) is 9.29. The fourth-order valence-electron chi connectivity index (χ4n) is 3.48. The number of H-pyrrole nitrogens is 1. The fraction of sp³-hybridized carbons (Fsp3) is 0.182. The van der Waals surface area contributed by atoms with Crippen LogP contribution in [-0.4, -0.2) is 32.2 Å². The summed E-state index contributed by atoms with van der Waals surface area (Å²) in [5.74, 6) is 2.36. The molecule has 1 aliphatic rings. The van der Waals surface area contributed by atoms with Gasteiger partial charge in [0.15, 0.2) is 23.4 Å². The molecule has 0 unspecified atom stereocenters. The Balaban J connectivity index is 1.51. The van der Waals surface area contributed by atoms with Crippen LogP contribution < -0.4 is 9.47 Å². The molecule has 6 heteroatoms. The van der Waals surface area contributed by atoms with Crippen LogP contribution in [0.5, 0.6) is 11.5 Å². The van der Waals surface area contributed by atoms with E-state index in [1.807, 2.05) is 61.9 Å². The number of aromatic nitrogens is 4. The van der Waals surface area contributed by atoms with Crippen molar-refractivity contribution in [1.82, 2.24) is 19.5 Å². The summed E-state index contributed by atoms with van der Waals surface area (Å²) in [6.07, 6.45) is 3.57. The Bertz CT molecular complexity index is 1100. The molecule has 0 radical (unpaired) electrons. The van der Waals surface area contributed by atoms with E-state index in [1.54, 1.807) is 0 Å². The minimum Gasteiger partial charge on any atom is -0.486 e. The predicted molar refractivity (Wildman–Crippen MR) is 106 cm³/mol. The Morgan fingerprint density at radius 1 is 1.04 bits per heavy atom. The van der Waals surface area contributed by atoms with Crippen molar-refractivity contribution in [1.29, 1.82) is 0 Å². The molecule has 2 aromatic heterocycles. The average Bonchev–Trinajstić information content (AvgIpc) is 3.34. The first-order valence-corrected chi connectivity index (χ1v) is 9.29. The third-order valence-corrected chi connectivity index (χ3v) is 4.78. The largest absolute Gasteiger partial charge is 0.486 e. The molecular formula is C22H20N4O2. The number of hydrogen-bond acceptors (Lipinski definition) is 4. The summed E-state index contributed by atoms with van der Waals surface area (Å²) in [6.45, 7) is 3.10. The minimum atomic E-state index is -0.109. The fourth-order valence-corrected chi connectivity index (χ4v) is 3.48. The Morgan fingerprint density at radius 2 is 1.82 bits per heavy atom. The van der Waals surface area contributed by atoms with Crippen molar-refractivity contribution in [3.63, 3.8) is 0 Å². The van der Waals surface area contributed by atoms with E-state index in [0.717, 1.165) is 40.0 Å². The van der Waals surface area contributed by atoms with Gasteiger partial charge in [-0.3, -0.25) is 0 Å². The van der Waals surface area contributed by atoms with E-state index in [9.17, 15) is 0 Å². The smallest absolute Gasteiger partial charge is 0.161 e. The quantitative estimate of drug-likeness (QED) is 0.586. The molecule has 2 aromatic carbocycles. The molecule has 6 nitrogen and oxygen atoms in total. The van der Waals surface area contributed by atoms with Crippen molar-refractivity contribution in [2.45, 2.75) is 19.6 Å². The summed E-state index contributed by atoms with van der Waals surface area (Å²) in [4.78, 5) is 12.6. The number of para-hydroxylation sites is 2. The molecule has 3 heterocycles. The van der Waals surface area contributed by atoms with Crippen LogP contribution >= 0.6 is 0 Å². The zero-order valence-electron chi connectivity index (χ0n) is 15.5. The summed E-state index contributed by atoms with van der Waals surface area (Å²) in [5, 5.41) is 0. The second-order valence-electron chi connectivity index (χ2n) is 6.87. The van der Waals surface area contributed by atoms with Gasteiger partial charge in [-0.2, -0.15) is 0 Å². The van der Waals surface area contributed by atoms with Gasteiger partial charge < -0.3 is 19.0 Å². The lowest BCUT2D eigenvalue weighted by Crippen LogP contribution is -2.33. The van der Waals surface area contributed by atoms with Crippen LogP contribution in [0, 0.1) is 6.92 Å². The van der Waals surface area contributed by atoms with Gasteiger partial charge in [-0.1, -0.05) is 42.5 Å². The van der Waals surface area contributed by atoms with Gasteiger partial charge in [-0.25, -0.2) is 9.97 Å². The van der Waals surface area contributed by atoms with E-state index in [1.165, 1.54) is 0 Å². The second kappa shape index (κ2) is 6.88. The number of aryl methyl sites for hydroxylation is 1. The normalized spacial score (nSPS) is 15.5. The van der Waals surface area contributed by atoms with Crippen LogP contribution in [0.4, 0.5) is 0 Å². The van der Waals surface area contributed by atoms with Crippen molar-refractivity contribution in [3.05, 3.63) is 72.8 Å².